The average molecular weight is 660 g/mol. The van der Waals surface area contributed by atoms with E-state index in [9.17, 15) is 4.79 Å². The number of hydrogen-bond acceptors (Lipinski definition) is 8. The zero-order chi connectivity index (χ0) is 33.3. The number of guanidine groups is 1. The fourth-order valence-corrected chi connectivity index (χ4v) is 5.49. The van der Waals surface area contributed by atoms with Gasteiger partial charge < -0.3 is 32.4 Å². The van der Waals surface area contributed by atoms with Gasteiger partial charge in [0, 0.05) is 61.3 Å². The quantitative estimate of drug-likeness (QED) is 0.0642. The molecule has 0 spiro atoms. The molecule has 3 heterocycles. The number of aromatic amines is 1. The molecule has 0 amide bonds. The van der Waals surface area contributed by atoms with E-state index >= 15 is 4.39 Å². The Balaban J connectivity index is 1.29. The van der Waals surface area contributed by atoms with E-state index in [0.717, 1.165) is 30.4 Å². The van der Waals surface area contributed by atoms with E-state index in [4.69, 9.17) is 28.5 Å². The molecule has 2 atom stereocenters. The number of nitrogens with zero attached hydrogens (tertiary/aromatic N) is 4. The van der Waals surface area contributed by atoms with E-state index in [1.807, 2.05) is 31.2 Å². The van der Waals surface area contributed by atoms with Gasteiger partial charge in [-0.2, -0.15) is 4.98 Å². The molecule has 0 fully saturated rings. The van der Waals surface area contributed by atoms with Crippen LogP contribution in [0, 0.1) is 11.2 Å². The highest BCUT2D eigenvalue weighted by Crippen LogP contribution is 2.31. The Morgan fingerprint density at radius 1 is 1.15 bits per heavy atom. The molecule has 0 radical (unpaired) electrons. The molecule has 0 saturated heterocycles. The van der Waals surface area contributed by atoms with E-state index in [1.165, 1.54) is 4.57 Å². The highest BCUT2D eigenvalue weighted by Gasteiger charge is 2.16. The van der Waals surface area contributed by atoms with Gasteiger partial charge >= 0.3 is 5.69 Å². The molecule has 5 rings (SSSR count). The lowest BCUT2D eigenvalue weighted by Crippen LogP contribution is -2.40. The van der Waals surface area contributed by atoms with Crippen LogP contribution in [0.4, 0.5) is 10.2 Å². The van der Waals surface area contributed by atoms with Crippen molar-refractivity contribution in [1.82, 2.24) is 35.1 Å². The summed E-state index contributed by atoms with van der Waals surface area (Å²) in [6, 6.07) is 12.9. The van der Waals surface area contributed by atoms with Gasteiger partial charge in [0.2, 0.25) is 0 Å². The van der Waals surface area contributed by atoms with Crippen LogP contribution in [-0.4, -0.2) is 55.6 Å². The van der Waals surface area contributed by atoms with Gasteiger partial charge in [-0.15, -0.1) is 0 Å². The van der Waals surface area contributed by atoms with Gasteiger partial charge in [0.1, 0.15) is 11.5 Å². The number of aromatic nitrogens is 5. The van der Waals surface area contributed by atoms with Crippen LogP contribution < -0.4 is 33.1 Å². The van der Waals surface area contributed by atoms with Crippen LogP contribution in [-0.2, 0) is 13.0 Å². The van der Waals surface area contributed by atoms with Crippen molar-refractivity contribution < 1.29 is 4.39 Å². The van der Waals surface area contributed by atoms with Gasteiger partial charge in [-0.05, 0) is 74.1 Å². The minimum Gasteiger partial charge on any atom is -0.370 e. The summed E-state index contributed by atoms with van der Waals surface area (Å²) in [5.41, 5.74) is 14.6. The lowest BCUT2D eigenvalue weighted by atomic mass is 10.0. The second-order valence-corrected chi connectivity index (χ2v) is 11.9. The average Bonchev–Trinajstić information content (AvgIpc) is 3.46. The Morgan fingerprint density at radius 3 is 2.68 bits per heavy atom. The minimum atomic E-state index is -0.532. The number of aryl methyl sites for hydroxylation is 1. The maximum Gasteiger partial charge on any atom is 0.354 e. The second kappa shape index (κ2) is 15.6. The van der Waals surface area contributed by atoms with Crippen LogP contribution >= 0.6 is 11.6 Å². The predicted octanol–water partition coefficient (Wildman–Crippen LogP) is 4.08. The largest absolute Gasteiger partial charge is 0.370 e. The summed E-state index contributed by atoms with van der Waals surface area (Å²) in [7, 11) is 0. The molecule has 12 nitrogen and oxygen atoms in total. The van der Waals surface area contributed by atoms with E-state index < -0.39 is 11.5 Å². The first-order valence-corrected chi connectivity index (χ1v) is 15.8. The van der Waals surface area contributed by atoms with Crippen molar-refractivity contribution in [3.63, 3.8) is 0 Å². The number of rotatable bonds is 15. The molecular formula is C33H39ClFN11O. The summed E-state index contributed by atoms with van der Waals surface area (Å²) >= 11 is 6.26. The van der Waals surface area contributed by atoms with Crippen LogP contribution in [0.1, 0.15) is 37.3 Å². The van der Waals surface area contributed by atoms with Crippen LogP contribution in [0.15, 0.2) is 72.0 Å². The zero-order valence-electron chi connectivity index (χ0n) is 26.1. The number of benzene rings is 2. The summed E-state index contributed by atoms with van der Waals surface area (Å²) in [4.78, 5) is 28.7. The summed E-state index contributed by atoms with van der Waals surface area (Å²) in [5.74, 6) is 0.0641. The van der Waals surface area contributed by atoms with Gasteiger partial charge in [0.15, 0.2) is 11.8 Å². The predicted molar refractivity (Wildman–Crippen MR) is 184 cm³/mol. The van der Waals surface area contributed by atoms with Gasteiger partial charge in [-0.3, -0.25) is 15.0 Å². The van der Waals surface area contributed by atoms with Gasteiger partial charge in [-0.25, -0.2) is 14.2 Å². The maximum atomic E-state index is 15.1. The lowest BCUT2D eigenvalue weighted by molar-refractivity contribution is 0.493. The van der Waals surface area contributed by atoms with E-state index in [2.05, 4.69) is 35.9 Å². The smallest absolute Gasteiger partial charge is 0.354 e. The van der Waals surface area contributed by atoms with Gasteiger partial charge in [0.05, 0.1) is 22.6 Å². The molecule has 14 heteroatoms. The van der Waals surface area contributed by atoms with E-state index in [0.29, 0.717) is 59.9 Å². The molecule has 0 aliphatic heterocycles. The highest BCUT2D eigenvalue weighted by molar-refractivity contribution is 6.31. The van der Waals surface area contributed by atoms with Gasteiger partial charge in [0.25, 0.3) is 0 Å². The Kier molecular flexibility index (Phi) is 11.1. The number of halogens is 2. The maximum absolute atomic E-state index is 15.1. The molecule has 0 aliphatic rings. The van der Waals surface area contributed by atoms with Crippen LogP contribution in [0.25, 0.3) is 28.0 Å². The van der Waals surface area contributed by atoms with Crippen LogP contribution in [0.2, 0.25) is 5.02 Å². The standard InChI is InChI=1S/C33H39ClFN11O/c1-20(36)3-2-4-22-13-26(30(35)27(34)14-22)28-15-23-19-46(33(47)45-31(23)44-28)25-7-5-21(6-8-25)16-42-24(9-10-41-32(37)38)17-43-29-18-39-11-12-40-29/h5-8,11-15,18-20,24,42H,2-4,9-10,16-17,36H2,1H3,(H,40,43)(H4,37,38,41)(H,44,45,47)/t20-,24+/m0/s1. The number of nitrogens with two attached hydrogens (primary N) is 2. The normalized spacial score (nSPS) is 12.6. The Morgan fingerprint density at radius 2 is 1.96 bits per heavy atom. The fraction of sp³-hybridized carbons (Fsp3) is 0.303. The van der Waals surface area contributed by atoms with Crippen molar-refractivity contribution in [3.8, 4) is 16.9 Å². The number of nitrogens with one attached hydrogen (secondary N) is 5. The van der Waals surface area contributed by atoms with Crippen molar-refractivity contribution in [3.05, 3.63) is 99.7 Å². The minimum absolute atomic E-state index is 0.0376. The molecule has 0 unspecified atom stereocenters. The van der Waals surface area contributed by atoms with Crippen LogP contribution in [0.5, 0.6) is 0 Å². The molecule has 0 bridgehead atoms. The highest BCUT2D eigenvalue weighted by atomic mass is 35.5. The molecule has 0 aliphatic carbocycles. The Bertz CT molecular complexity index is 1860. The Hall–Kier alpha value is -4.85. The SMILES string of the molecule is C[C@H](N)CCCc1cc(Cl)c(F)c(-c2cc3cn(-c4ccc(CN[C@H](CCNC(=N)N)CNc5cnccn5)cc4)c(=O)nc3[nH]2)c1. The number of hydrogen-bond donors (Lipinski definition) is 7. The molecule has 0 saturated carbocycles. The van der Waals surface area contributed by atoms with Crippen molar-refractivity contribution in [2.75, 3.05) is 18.4 Å². The third kappa shape index (κ3) is 9.12. The van der Waals surface area contributed by atoms with Crippen LogP contribution in [0.3, 0.4) is 0 Å². The summed E-state index contributed by atoms with van der Waals surface area (Å²) in [6.45, 7) is 3.65. The van der Waals surface area contributed by atoms with E-state index in [1.54, 1.807) is 43.0 Å². The summed E-state index contributed by atoms with van der Waals surface area (Å²) < 4.78 is 16.6. The molecule has 9 N–H and O–H groups in total. The lowest BCUT2D eigenvalue weighted by Gasteiger charge is -2.20. The van der Waals surface area contributed by atoms with Crippen molar-refractivity contribution in [2.24, 2.45) is 11.5 Å². The molecule has 246 valence electrons. The molecular weight excluding hydrogens is 621 g/mol. The number of fused-ring (bicyclic) bond motifs is 1. The molecule has 5 aromatic rings. The summed E-state index contributed by atoms with van der Waals surface area (Å²) in [5, 5.41) is 17.8. The van der Waals surface area contributed by atoms with Crippen molar-refractivity contribution in [1.29, 1.82) is 5.41 Å². The number of anilines is 1. The third-order valence-electron chi connectivity index (χ3n) is 7.72. The van der Waals surface area contributed by atoms with Crippen molar-refractivity contribution >= 4 is 34.4 Å². The fourth-order valence-electron chi connectivity index (χ4n) is 5.25. The van der Waals surface area contributed by atoms with E-state index in [-0.39, 0.29) is 23.1 Å². The van der Waals surface area contributed by atoms with Crippen molar-refractivity contribution in [2.45, 2.75) is 51.2 Å². The third-order valence-corrected chi connectivity index (χ3v) is 8.00. The summed E-state index contributed by atoms with van der Waals surface area (Å²) in [6.07, 6.45) is 9.74. The second-order valence-electron chi connectivity index (χ2n) is 11.5. The topological polar surface area (TPSA) is 188 Å². The monoisotopic (exact) mass is 659 g/mol. The Labute approximate surface area is 276 Å². The first-order chi connectivity index (χ1) is 22.7. The van der Waals surface area contributed by atoms with Gasteiger partial charge in [-0.1, -0.05) is 23.7 Å². The molecule has 3 aromatic heterocycles. The first-order valence-electron chi connectivity index (χ1n) is 15.4. The molecule has 47 heavy (non-hydrogen) atoms. The zero-order valence-corrected chi connectivity index (χ0v) is 26.8. The number of H-pyrrole nitrogens is 1. The molecule has 2 aromatic carbocycles. The first kappa shape index (κ1) is 33.5.